The van der Waals surface area contributed by atoms with Crippen LogP contribution < -0.4 is 0 Å². The van der Waals surface area contributed by atoms with Gasteiger partial charge in [0.1, 0.15) is 0 Å². The van der Waals surface area contributed by atoms with E-state index in [0.29, 0.717) is 0 Å². The molecule has 1 rings (SSSR count). The van der Waals surface area contributed by atoms with Crippen molar-refractivity contribution in [2.24, 2.45) is 0 Å². The van der Waals surface area contributed by atoms with E-state index in [-0.39, 0.29) is 0 Å². The highest BCUT2D eigenvalue weighted by Gasteiger charge is 2.18. The van der Waals surface area contributed by atoms with Crippen molar-refractivity contribution in [3.8, 4) is 0 Å². The third-order valence-electron chi connectivity index (χ3n) is 4.01. The summed E-state index contributed by atoms with van der Waals surface area (Å²) in [6.45, 7) is 6.69. The van der Waals surface area contributed by atoms with Gasteiger partial charge < -0.3 is 0 Å². The van der Waals surface area contributed by atoms with E-state index in [0.717, 1.165) is 41.3 Å². The lowest BCUT2D eigenvalue weighted by molar-refractivity contribution is 0.654. The molecule has 1 radical (unpaired) electrons. The zero-order valence-electron chi connectivity index (χ0n) is 13.8. The number of unbranched alkanes of at least 4 members (excludes halogenated alkanes) is 3. The van der Waals surface area contributed by atoms with E-state index in [9.17, 15) is 0 Å². The van der Waals surface area contributed by atoms with E-state index in [1.54, 1.807) is 0 Å². The summed E-state index contributed by atoms with van der Waals surface area (Å²) in [5.41, 5.74) is 2.39. The molecule has 0 heterocycles. The summed E-state index contributed by atoms with van der Waals surface area (Å²) in [4.78, 5) is 0. The molecule has 0 saturated carbocycles. The highest BCUT2D eigenvalue weighted by Crippen LogP contribution is 2.37. The van der Waals surface area contributed by atoms with Crippen molar-refractivity contribution in [2.45, 2.75) is 78.6 Å². The Morgan fingerprint density at radius 3 is 1.95 bits per heavy atom. The van der Waals surface area contributed by atoms with Gasteiger partial charge in [0.05, 0.1) is 0 Å². The topological polar surface area (TPSA) is 0 Å². The number of halogens is 2. The summed E-state index contributed by atoms with van der Waals surface area (Å²) in [7, 11) is 0. The number of hydrogen-bond donors (Lipinski definition) is 0. The third-order valence-corrected chi connectivity index (χ3v) is 4.80. The largest absolute Gasteiger partial charge is 0.0840 e. The van der Waals surface area contributed by atoms with Crippen molar-refractivity contribution >= 4 is 23.2 Å². The fourth-order valence-corrected chi connectivity index (χ4v) is 3.32. The normalized spacial score (nSPS) is 11.3. The first-order valence-electron chi connectivity index (χ1n) is 8.47. The lowest BCUT2D eigenvalue weighted by Gasteiger charge is -2.20. The fourth-order valence-electron chi connectivity index (χ4n) is 2.63. The Labute approximate surface area is 141 Å². The van der Waals surface area contributed by atoms with Crippen LogP contribution in [0.4, 0.5) is 0 Å². The van der Waals surface area contributed by atoms with Gasteiger partial charge in [0.15, 0.2) is 0 Å². The average molecular weight is 328 g/mol. The Bertz CT molecular complexity index is 404. The zero-order chi connectivity index (χ0) is 15.7. The van der Waals surface area contributed by atoms with Gasteiger partial charge in [-0.2, -0.15) is 0 Å². The molecule has 0 saturated heterocycles. The fraction of sp³-hybridized carbons (Fsp3) is 0.632. The Morgan fingerprint density at radius 2 is 1.43 bits per heavy atom. The number of rotatable bonds is 10. The van der Waals surface area contributed by atoms with Crippen molar-refractivity contribution in [3.63, 3.8) is 0 Å². The van der Waals surface area contributed by atoms with Crippen molar-refractivity contribution in [2.75, 3.05) is 0 Å². The van der Waals surface area contributed by atoms with Crippen LogP contribution in [0.2, 0.25) is 10.0 Å². The van der Waals surface area contributed by atoms with Gasteiger partial charge in [-0.3, -0.25) is 0 Å². The molecule has 0 spiro atoms. The summed E-state index contributed by atoms with van der Waals surface area (Å²) < 4.78 is 0. The van der Waals surface area contributed by atoms with E-state index in [1.165, 1.54) is 43.6 Å². The molecule has 0 amide bonds. The van der Waals surface area contributed by atoms with Crippen LogP contribution in [0, 0.1) is 5.92 Å². The summed E-state index contributed by atoms with van der Waals surface area (Å²) in [6, 6.07) is 4.16. The Hall–Kier alpha value is -0.200. The molecule has 1 aromatic carbocycles. The molecule has 0 nitrogen and oxygen atoms in total. The van der Waals surface area contributed by atoms with Gasteiger partial charge in [0.2, 0.25) is 0 Å². The first-order valence-corrected chi connectivity index (χ1v) is 9.23. The maximum Gasteiger partial charge on any atom is 0.0490 e. The van der Waals surface area contributed by atoms with E-state index < -0.39 is 0 Å². The molecule has 21 heavy (non-hydrogen) atoms. The van der Waals surface area contributed by atoms with E-state index in [1.807, 2.05) is 6.07 Å². The van der Waals surface area contributed by atoms with Gasteiger partial charge >= 0.3 is 0 Å². The van der Waals surface area contributed by atoms with Gasteiger partial charge in [-0.1, -0.05) is 82.1 Å². The molecular weight excluding hydrogens is 299 g/mol. The Balaban J connectivity index is 3.00. The van der Waals surface area contributed by atoms with Crippen LogP contribution in [0.25, 0.3) is 0 Å². The van der Waals surface area contributed by atoms with Crippen LogP contribution in [-0.4, -0.2) is 0 Å². The smallest absolute Gasteiger partial charge is 0.0490 e. The maximum atomic E-state index is 6.70. The number of hydrogen-bond acceptors (Lipinski definition) is 0. The van der Waals surface area contributed by atoms with Crippen molar-refractivity contribution in [3.05, 3.63) is 39.2 Å². The van der Waals surface area contributed by atoms with E-state index in [2.05, 4.69) is 26.8 Å². The first-order chi connectivity index (χ1) is 10.2. The molecule has 2 heteroatoms. The molecule has 0 fully saturated rings. The Kier molecular flexibility index (Phi) is 9.44. The molecule has 0 N–H and O–H groups in total. The van der Waals surface area contributed by atoms with Crippen LogP contribution in [-0.2, 0) is 6.42 Å². The summed E-state index contributed by atoms with van der Waals surface area (Å²) in [6.07, 6.45) is 10.5. The Morgan fingerprint density at radius 1 is 0.857 bits per heavy atom. The van der Waals surface area contributed by atoms with E-state index >= 15 is 0 Å². The van der Waals surface area contributed by atoms with Crippen LogP contribution in [0.15, 0.2) is 12.1 Å². The molecule has 0 aliphatic heterocycles. The van der Waals surface area contributed by atoms with Gasteiger partial charge in [0, 0.05) is 16.0 Å². The van der Waals surface area contributed by atoms with Gasteiger partial charge in [-0.25, -0.2) is 0 Å². The highest BCUT2D eigenvalue weighted by atomic mass is 35.5. The molecular formula is C19H29Cl2. The maximum absolute atomic E-state index is 6.70. The second-order valence-corrected chi connectivity index (χ2v) is 6.59. The second-order valence-electron chi connectivity index (χ2n) is 5.80. The first kappa shape index (κ1) is 18.8. The molecule has 0 aliphatic rings. The molecule has 0 aromatic heterocycles. The molecule has 0 unspecified atom stereocenters. The minimum Gasteiger partial charge on any atom is -0.0840 e. The third kappa shape index (κ3) is 5.83. The monoisotopic (exact) mass is 327 g/mol. The van der Waals surface area contributed by atoms with Crippen molar-refractivity contribution in [1.29, 1.82) is 0 Å². The van der Waals surface area contributed by atoms with Crippen LogP contribution in [0.5, 0.6) is 0 Å². The van der Waals surface area contributed by atoms with Gasteiger partial charge in [0.25, 0.3) is 0 Å². The summed E-state index contributed by atoms with van der Waals surface area (Å²) in [5, 5.41) is 1.72. The SMILES string of the molecule is CCCC[C](CCCC)c1ccc(Cl)c(CCCC)c1Cl. The predicted molar refractivity (Wildman–Crippen MR) is 96.5 cm³/mol. The van der Waals surface area contributed by atoms with Gasteiger partial charge in [-0.05, 0) is 42.9 Å². The molecule has 0 atom stereocenters. The average Bonchev–Trinajstić information content (AvgIpc) is 2.48. The minimum atomic E-state index is 0.822. The zero-order valence-corrected chi connectivity index (χ0v) is 15.3. The second kappa shape index (κ2) is 10.5. The van der Waals surface area contributed by atoms with Gasteiger partial charge in [-0.15, -0.1) is 0 Å². The van der Waals surface area contributed by atoms with E-state index in [4.69, 9.17) is 23.2 Å². The summed E-state index contributed by atoms with van der Waals surface area (Å²) in [5.74, 6) is 1.51. The lowest BCUT2D eigenvalue weighted by Crippen LogP contribution is -2.04. The lowest BCUT2D eigenvalue weighted by atomic mass is 9.87. The molecule has 1 aromatic rings. The van der Waals surface area contributed by atoms with Crippen LogP contribution >= 0.6 is 23.2 Å². The molecule has 0 bridgehead atoms. The van der Waals surface area contributed by atoms with Crippen LogP contribution in [0.3, 0.4) is 0 Å². The number of benzene rings is 1. The van der Waals surface area contributed by atoms with Crippen molar-refractivity contribution in [1.82, 2.24) is 0 Å². The quantitative estimate of drug-likeness (QED) is 0.414. The molecule has 119 valence electrons. The van der Waals surface area contributed by atoms with Crippen molar-refractivity contribution < 1.29 is 0 Å². The standard InChI is InChI=1S/C19H29Cl2/c1-4-7-10-15(11-8-5-2)16-13-14-18(20)17(19(16)21)12-9-6-3/h13-14H,4-12H2,1-3H3. The molecule has 0 aliphatic carbocycles. The highest BCUT2D eigenvalue weighted by molar-refractivity contribution is 6.36. The summed E-state index contributed by atoms with van der Waals surface area (Å²) >= 11 is 13.1. The predicted octanol–water partition coefficient (Wildman–Crippen LogP) is 7.64. The minimum absolute atomic E-state index is 0.822. The van der Waals surface area contributed by atoms with Crippen LogP contribution in [0.1, 0.15) is 83.3 Å².